The number of hydrogen-bond donors (Lipinski definition) is 1. The summed E-state index contributed by atoms with van der Waals surface area (Å²) in [6, 6.07) is 0. The van der Waals surface area contributed by atoms with Gasteiger partial charge in [0, 0.05) is 6.42 Å². The quantitative estimate of drug-likeness (QED) is 0.545. The molecule has 0 unspecified atom stereocenters. The van der Waals surface area contributed by atoms with Crippen LogP contribution in [-0.2, 0) is 0 Å². The minimum atomic E-state index is 0.391. The highest BCUT2D eigenvalue weighted by molar-refractivity contribution is 5.90. The summed E-state index contributed by atoms with van der Waals surface area (Å²) in [5.74, 6) is 1.15. The van der Waals surface area contributed by atoms with Gasteiger partial charge in [0.2, 0.25) is 0 Å². The normalized spacial score (nSPS) is 17.1. The summed E-state index contributed by atoms with van der Waals surface area (Å²) < 4.78 is 0. The topological polar surface area (TPSA) is 34.3 Å². The zero-order valence-corrected chi connectivity index (χ0v) is 5.65. The SMILES string of the molecule is CC(C)(C)CC1=NN1. The van der Waals surface area contributed by atoms with Crippen molar-refractivity contribution in [2.45, 2.75) is 27.2 Å². The van der Waals surface area contributed by atoms with Gasteiger partial charge in [0.25, 0.3) is 0 Å². The summed E-state index contributed by atoms with van der Waals surface area (Å²) in [4.78, 5) is 0. The number of nitrogens with zero attached hydrogens (tertiary/aromatic N) is 1. The lowest BCUT2D eigenvalue weighted by atomic mass is 9.92. The standard InChI is InChI=1S/C6H12N2/c1-6(2,3)4-5-7-8-5/h4H2,1-3H3,(H,7,8). The lowest BCUT2D eigenvalue weighted by molar-refractivity contribution is 0.435. The third-order valence-electron chi connectivity index (χ3n) is 0.968. The van der Waals surface area contributed by atoms with Crippen LogP contribution in [0, 0.1) is 5.41 Å². The molecule has 0 bridgehead atoms. The van der Waals surface area contributed by atoms with Crippen LogP contribution in [0.25, 0.3) is 0 Å². The van der Waals surface area contributed by atoms with Crippen LogP contribution < -0.4 is 5.43 Å². The molecule has 1 heterocycles. The summed E-state index contributed by atoms with van der Waals surface area (Å²) in [7, 11) is 0. The largest absolute Gasteiger partial charge is 0.262 e. The van der Waals surface area contributed by atoms with E-state index in [-0.39, 0.29) is 0 Å². The highest BCUT2D eigenvalue weighted by atomic mass is 15.5. The molecule has 1 aliphatic rings. The predicted octanol–water partition coefficient (Wildman–Crippen LogP) is 1.34. The average Bonchev–Trinajstić information content (AvgIpc) is 2.12. The molecule has 0 radical (unpaired) electrons. The van der Waals surface area contributed by atoms with E-state index in [0.717, 1.165) is 12.3 Å². The molecule has 0 spiro atoms. The van der Waals surface area contributed by atoms with E-state index in [9.17, 15) is 0 Å². The Labute approximate surface area is 50.0 Å². The molecule has 0 aromatic heterocycles. The van der Waals surface area contributed by atoms with Crippen LogP contribution in [0.3, 0.4) is 0 Å². The highest BCUT2D eigenvalue weighted by Crippen LogP contribution is 2.20. The second kappa shape index (κ2) is 1.47. The van der Waals surface area contributed by atoms with Crippen molar-refractivity contribution in [2.75, 3.05) is 0 Å². The smallest absolute Gasteiger partial charge is 0.143 e. The van der Waals surface area contributed by atoms with Crippen molar-refractivity contribution in [3.05, 3.63) is 0 Å². The van der Waals surface area contributed by atoms with Crippen molar-refractivity contribution in [3.63, 3.8) is 0 Å². The van der Waals surface area contributed by atoms with Crippen molar-refractivity contribution < 1.29 is 0 Å². The number of hydrogen-bond acceptors (Lipinski definition) is 2. The second-order valence-corrected chi connectivity index (χ2v) is 3.41. The lowest BCUT2D eigenvalue weighted by Gasteiger charge is -2.12. The van der Waals surface area contributed by atoms with Gasteiger partial charge < -0.3 is 0 Å². The van der Waals surface area contributed by atoms with Gasteiger partial charge >= 0.3 is 0 Å². The number of nitrogens with one attached hydrogen (secondary N) is 1. The van der Waals surface area contributed by atoms with E-state index >= 15 is 0 Å². The van der Waals surface area contributed by atoms with Gasteiger partial charge in [-0.1, -0.05) is 20.8 Å². The fourth-order valence-corrected chi connectivity index (χ4v) is 0.621. The summed E-state index contributed by atoms with van der Waals surface area (Å²) in [5, 5.41) is 3.85. The summed E-state index contributed by atoms with van der Waals surface area (Å²) in [6.45, 7) is 6.61. The Kier molecular flexibility index (Phi) is 1.03. The van der Waals surface area contributed by atoms with Crippen molar-refractivity contribution in [1.29, 1.82) is 0 Å². The van der Waals surface area contributed by atoms with Crippen LogP contribution >= 0.6 is 0 Å². The molecule has 0 aliphatic carbocycles. The molecular formula is C6H12N2. The van der Waals surface area contributed by atoms with Gasteiger partial charge in [-0.25, -0.2) is 0 Å². The molecule has 46 valence electrons. The van der Waals surface area contributed by atoms with Gasteiger partial charge in [0.15, 0.2) is 0 Å². The van der Waals surface area contributed by atoms with Crippen molar-refractivity contribution in [3.8, 4) is 0 Å². The van der Waals surface area contributed by atoms with E-state index in [1.165, 1.54) is 0 Å². The Bertz CT molecular complexity index is 119. The summed E-state index contributed by atoms with van der Waals surface area (Å²) >= 11 is 0. The number of rotatable bonds is 1. The van der Waals surface area contributed by atoms with Gasteiger partial charge in [-0.2, -0.15) is 5.10 Å². The predicted molar refractivity (Wildman–Crippen MR) is 34.6 cm³/mol. The molecule has 0 fully saturated rings. The third kappa shape index (κ3) is 1.96. The number of hydrazone groups is 1. The van der Waals surface area contributed by atoms with E-state index in [4.69, 9.17) is 0 Å². The van der Waals surface area contributed by atoms with Crippen LogP contribution in [-0.4, -0.2) is 5.84 Å². The van der Waals surface area contributed by atoms with Gasteiger partial charge in [0.1, 0.15) is 5.84 Å². The fraction of sp³-hybridized carbons (Fsp3) is 0.833. The molecule has 1 rings (SSSR count). The number of amidine groups is 1. The van der Waals surface area contributed by atoms with Gasteiger partial charge in [0.05, 0.1) is 0 Å². The molecule has 8 heavy (non-hydrogen) atoms. The van der Waals surface area contributed by atoms with Crippen molar-refractivity contribution >= 4 is 5.84 Å². The van der Waals surface area contributed by atoms with Gasteiger partial charge in [-0.05, 0) is 5.41 Å². The Morgan fingerprint density at radius 1 is 1.50 bits per heavy atom. The molecule has 0 saturated carbocycles. The zero-order chi connectivity index (χ0) is 6.20. The highest BCUT2D eigenvalue weighted by Gasteiger charge is 2.18. The molecule has 0 amide bonds. The first-order valence-corrected chi connectivity index (χ1v) is 2.90. The summed E-state index contributed by atoms with van der Waals surface area (Å²) in [5.41, 5.74) is 3.22. The minimum absolute atomic E-state index is 0.391. The Balaban J connectivity index is 2.27. The molecule has 2 heteroatoms. The fourth-order valence-electron chi connectivity index (χ4n) is 0.621. The Hall–Kier alpha value is -0.530. The average molecular weight is 112 g/mol. The van der Waals surface area contributed by atoms with Crippen LogP contribution in [0.1, 0.15) is 27.2 Å². The van der Waals surface area contributed by atoms with E-state index < -0.39 is 0 Å². The maximum Gasteiger partial charge on any atom is 0.143 e. The first-order valence-electron chi connectivity index (χ1n) is 2.90. The maximum atomic E-state index is 3.85. The Morgan fingerprint density at radius 3 is 2.12 bits per heavy atom. The molecule has 1 N–H and O–H groups in total. The maximum absolute atomic E-state index is 3.85. The molecule has 2 nitrogen and oxygen atoms in total. The van der Waals surface area contributed by atoms with Crippen LogP contribution in [0.15, 0.2) is 5.10 Å². The molecule has 0 atom stereocenters. The van der Waals surface area contributed by atoms with Crippen LogP contribution in [0.5, 0.6) is 0 Å². The minimum Gasteiger partial charge on any atom is -0.262 e. The first-order chi connectivity index (χ1) is 3.58. The second-order valence-electron chi connectivity index (χ2n) is 3.41. The van der Waals surface area contributed by atoms with E-state index in [1.54, 1.807) is 0 Å². The van der Waals surface area contributed by atoms with Crippen molar-refractivity contribution in [2.24, 2.45) is 10.5 Å². The molecular weight excluding hydrogens is 100 g/mol. The van der Waals surface area contributed by atoms with Gasteiger partial charge in [-0.3, -0.25) is 5.43 Å². The summed E-state index contributed by atoms with van der Waals surface area (Å²) in [6.07, 6.45) is 1.08. The van der Waals surface area contributed by atoms with Crippen LogP contribution in [0.2, 0.25) is 0 Å². The first kappa shape index (κ1) is 5.60. The molecule has 0 aromatic carbocycles. The van der Waals surface area contributed by atoms with Crippen LogP contribution in [0.4, 0.5) is 0 Å². The van der Waals surface area contributed by atoms with Gasteiger partial charge in [-0.15, -0.1) is 0 Å². The third-order valence-corrected chi connectivity index (χ3v) is 0.968. The van der Waals surface area contributed by atoms with E-state index in [2.05, 4.69) is 31.3 Å². The molecule has 1 aliphatic heterocycles. The zero-order valence-electron chi connectivity index (χ0n) is 5.65. The Morgan fingerprint density at radius 2 is 2.00 bits per heavy atom. The van der Waals surface area contributed by atoms with Crippen molar-refractivity contribution in [1.82, 2.24) is 5.43 Å². The van der Waals surface area contributed by atoms with E-state index in [0.29, 0.717) is 5.41 Å². The van der Waals surface area contributed by atoms with E-state index in [1.807, 2.05) is 0 Å². The molecule has 0 aromatic rings. The lowest BCUT2D eigenvalue weighted by Crippen LogP contribution is -2.09. The monoisotopic (exact) mass is 112 g/mol. The molecule has 0 saturated heterocycles.